The first-order chi connectivity index (χ1) is 9.79. The average molecular weight is 316 g/mol. The molecule has 9 heteroatoms. The summed E-state index contributed by atoms with van der Waals surface area (Å²) in [5, 5.41) is 19.1. The molecule has 0 saturated heterocycles. The first kappa shape index (κ1) is 17.3. The van der Waals surface area contributed by atoms with Crippen LogP contribution < -0.4 is 16.2 Å². The highest BCUT2D eigenvalue weighted by molar-refractivity contribution is 7.89. The van der Waals surface area contributed by atoms with Gasteiger partial charge in [0.15, 0.2) is 0 Å². The van der Waals surface area contributed by atoms with E-state index in [0.29, 0.717) is 6.54 Å². The van der Waals surface area contributed by atoms with E-state index >= 15 is 0 Å². The molecule has 1 rings (SSSR count). The van der Waals surface area contributed by atoms with Crippen LogP contribution in [-0.2, 0) is 10.0 Å². The van der Waals surface area contributed by atoms with Crippen LogP contribution in [0.25, 0.3) is 0 Å². The van der Waals surface area contributed by atoms with Gasteiger partial charge in [-0.05, 0) is 18.6 Å². The Bertz CT molecular complexity index is 603. The largest absolute Gasteiger partial charge is 0.375 e. The fourth-order valence-corrected chi connectivity index (χ4v) is 2.41. The third-order valence-corrected chi connectivity index (χ3v) is 3.96. The summed E-state index contributed by atoms with van der Waals surface area (Å²) in [7, 11) is -3.98. The molecule has 21 heavy (non-hydrogen) atoms. The number of nitrogens with one attached hydrogen (secondary N) is 1. The molecular formula is C12H20N4O4S. The number of benzene rings is 1. The van der Waals surface area contributed by atoms with Gasteiger partial charge in [-0.2, -0.15) is 0 Å². The van der Waals surface area contributed by atoms with Crippen LogP contribution >= 0.6 is 0 Å². The smallest absolute Gasteiger partial charge is 0.293 e. The summed E-state index contributed by atoms with van der Waals surface area (Å²) in [6, 6.07) is 3.42. The van der Waals surface area contributed by atoms with Crippen LogP contribution in [0.4, 0.5) is 11.4 Å². The van der Waals surface area contributed by atoms with Crippen LogP contribution in [-0.4, -0.2) is 25.9 Å². The lowest BCUT2D eigenvalue weighted by atomic mass is 10.1. The van der Waals surface area contributed by atoms with Gasteiger partial charge in [0.2, 0.25) is 10.0 Å². The lowest BCUT2D eigenvalue weighted by molar-refractivity contribution is -0.384. The Morgan fingerprint density at radius 1 is 1.43 bits per heavy atom. The van der Waals surface area contributed by atoms with Crippen molar-refractivity contribution >= 4 is 21.4 Å². The van der Waals surface area contributed by atoms with E-state index in [2.05, 4.69) is 5.32 Å². The summed E-state index contributed by atoms with van der Waals surface area (Å²) in [6.07, 6.45) is 2.71. The van der Waals surface area contributed by atoms with E-state index in [1.807, 2.05) is 6.92 Å². The molecular weight excluding hydrogens is 296 g/mol. The normalized spacial score (nSPS) is 12.9. The highest BCUT2D eigenvalue weighted by Gasteiger charge is 2.20. The molecule has 0 saturated carbocycles. The van der Waals surface area contributed by atoms with Crippen molar-refractivity contribution in [2.45, 2.75) is 37.1 Å². The number of sulfonamides is 1. The number of nitrogens with zero attached hydrogens (tertiary/aromatic N) is 1. The van der Waals surface area contributed by atoms with Crippen molar-refractivity contribution < 1.29 is 13.3 Å². The SMILES string of the molecule is CCCCC(CN)Nc1ccc(S(N)(=O)=O)cc1[N+](=O)[O-]. The minimum absolute atomic E-state index is 0.107. The minimum atomic E-state index is -3.98. The Morgan fingerprint density at radius 2 is 2.10 bits per heavy atom. The van der Waals surface area contributed by atoms with E-state index in [4.69, 9.17) is 10.9 Å². The zero-order valence-corrected chi connectivity index (χ0v) is 12.6. The monoisotopic (exact) mass is 316 g/mol. The van der Waals surface area contributed by atoms with Crippen molar-refractivity contribution in [3.63, 3.8) is 0 Å². The average Bonchev–Trinajstić information content (AvgIpc) is 2.42. The molecule has 0 aromatic heterocycles. The molecule has 1 unspecified atom stereocenters. The van der Waals surface area contributed by atoms with Crippen LogP contribution in [0.1, 0.15) is 26.2 Å². The Hall–Kier alpha value is -1.71. The molecule has 0 fully saturated rings. The molecule has 1 aromatic rings. The Kier molecular flexibility index (Phi) is 6.06. The van der Waals surface area contributed by atoms with Gasteiger partial charge in [-0.1, -0.05) is 19.8 Å². The molecule has 8 nitrogen and oxygen atoms in total. The second kappa shape index (κ2) is 7.34. The maximum atomic E-state index is 11.3. The fourth-order valence-electron chi connectivity index (χ4n) is 1.88. The van der Waals surface area contributed by atoms with Gasteiger partial charge in [-0.25, -0.2) is 13.6 Å². The zero-order chi connectivity index (χ0) is 16.0. The standard InChI is InChI=1S/C12H20N4O4S/c1-2-3-4-9(8-13)15-11-6-5-10(21(14,19)20)7-12(11)16(17)18/h5-7,9,15H,2-4,8,13H2,1H3,(H2,14,19,20). The lowest BCUT2D eigenvalue weighted by Crippen LogP contribution is -2.29. The van der Waals surface area contributed by atoms with Crippen LogP contribution in [0.5, 0.6) is 0 Å². The topological polar surface area (TPSA) is 141 Å². The second-order valence-corrected chi connectivity index (χ2v) is 6.26. The van der Waals surface area contributed by atoms with Gasteiger partial charge in [0.05, 0.1) is 9.82 Å². The Morgan fingerprint density at radius 3 is 2.57 bits per heavy atom. The molecule has 0 aliphatic carbocycles. The summed E-state index contributed by atoms with van der Waals surface area (Å²) in [6.45, 7) is 2.37. The fraction of sp³-hybridized carbons (Fsp3) is 0.500. The van der Waals surface area contributed by atoms with Gasteiger partial charge < -0.3 is 11.1 Å². The van der Waals surface area contributed by atoms with Gasteiger partial charge in [-0.3, -0.25) is 10.1 Å². The van der Waals surface area contributed by atoms with Crippen molar-refractivity contribution in [2.24, 2.45) is 10.9 Å². The molecule has 0 amide bonds. The predicted molar refractivity (Wildman–Crippen MR) is 80.5 cm³/mol. The van der Waals surface area contributed by atoms with Crippen LogP contribution in [0, 0.1) is 10.1 Å². The van der Waals surface area contributed by atoms with Crippen LogP contribution in [0.2, 0.25) is 0 Å². The van der Waals surface area contributed by atoms with Gasteiger partial charge in [-0.15, -0.1) is 0 Å². The van der Waals surface area contributed by atoms with Crippen molar-refractivity contribution in [1.29, 1.82) is 0 Å². The third-order valence-electron chi connectivity index (χ3n) is 3.04. The Labute approximate surface area is 123 Å². The van der Waals surface area contributed by atoms with Crippen molar-refractivity contribution in [3.05, 3.63) is 28.3 Å². The molecule has 0 bridgehead atoms. The lowest BCUT2D eigenvalue weighted by Gasteiger charge is -2.18. The van der Waals surface area contributed by atoms with Crippen LogP contribution in [0.15, 0.2) is 23.1 Å². The van der Waals surface area contributed by atoms with E-state index in [1.165, 1.54) is 12.1 Å². The van der Waals surface area contributed by atoms with Crippen LogP contribution in [0.3, 0.4) is 0 Å². The number of nitrogens with two attached hydrogens (primary N) is 2. The number of hydrogen-bond donors (Lipinski definition) is 3. The van der Waals surface area contributed by atoms with E-state index < -0.39 is 14.9 Å². The van der Waals surface area contributed by atoms with Gasteiger partial charge in [0.1, 0.15) is 5.69 Å². The third kappa shape index (κ3) is 4.96. The number of anilines is 1. The summed E-state index contributed by atoms with van der Waals surface area (Å²) < 4.78 is 22.5. The predicted octanol–water partition coefficient (Wildman–Crippen LogP) is 1.17. The molecule has 5 N–H and O–H groups in total. The molecule has 1 aromatic carbocycles. The molecule has 118 valence electrons. The van der Waals surface area contributed by atoms with E-state index in [-0.39, 0.29) is 22.3 Å². The number of unbranched alkanes of at least 4 members (excludes halogenated alkanes) is 1. The van der Waals surface area contributed by atoms with Crippen molar-refractivity contribution in [2.75, 3.05) is 11.9 Å². The number of nitro groups is 1. The second-order valence-electron chi connectivity index (χ2n) is 4.70. The highest BCUT2D eigenvalue weighted by atomic mass is 32.2. The first-order valence-corrected chi connectivity index (χ1v) is 8.12. The van der Waals surface area contributed by atoms with Crippen molar-refractivity contribution in [1.82, 2.24) is 0 Å². The highest BCUT2D eigenvalue weighted by Crippen LogP contribution is 2.28. The number of rotatable bonds is 8. The van der Waals surface area contributed by atoms with E-state index in [1.54, 1.807) is 0 Å². The van der Waals surface area contributed by atoms with E-state index in [0.717, 1.165) is 25.3 Å². The van der Waals surface area contributed by atoms with Gasteiger partial charge in [0.25, 0.3) is 5.69 Å². The Balaban J connectivity index is 3.09. The summed E-state index contributed by atoms with van der Waals surface area (Å²) in [5.41, 5.74) is 5.54. The molecule has 0 spiro atoms. The summed E-state index contributed by atoms with van der Waals surface area (Å²) >= 11 is 0. The first-order valence-electron chi connectivity index (χ1n) is 6.57. The van der Waals surface area contributed by atoms with Gasteiger partial charge >= 0.3 is 0 Å². The summed E-state index contributed by atoms with van der Waals surface area (Å²) in [4.78, 5) is 10.1. The molecule has 0 aliphatic heterocycles. The number of nitro benzene ring substituents is 1. The number of hydrogen-bond acceptors (Lipinski definition) is 6. The molecule has 1 atom stereocenters. The van der Waals surface area contributed by atoms with Gasteiger partial charge in [0, 0.05) is 18.7 Å². The molecule has 0 aliphatic rings. The molecule has 0 heterocycles. The maximum absolute atomic E-state index is 11.3. The molecule has 0 radical (unpaired) electrons. The zero-order valence-electron chi connectivity index (χ0n) is 11.8. The van der Waals surface area contributed by atoms with Crippen molar-refractivity contribution in [3.8, 4) is 0 Å². The van der Waals surface area contributed by atoms with E-state index in [9.17, 15) is 18.5 Å². The number of primary sulfonamides is 1. The maximum Gasteiger partial charge on any atom is 0.293 e. The summed E-state index contributed by atoms with van der Waals surface area (Å²) in [5.74, 6) is 0. The quantitative estimate of drug-likeness (QED) is 0.485. The minimum Gasteiger partial charge on any atom is -0.375 e.